The maximum Gasteiger partial charge on any atom is 0.165 e. The topological polar surface area (TPSA) is 29.5 Å². The summed E-state index contributed by atoms with van der Waals surface area (Å²) in [6, 6.07) is 8.70. The lowest BCUT2D eigenvalue weighted by atomic mass is 10.1. The van der Waals surface area contributed by atoms with Gasteiger partial charge in [-0.05, 0) is 36.2 Å². The largest absolute Gasteiger partial charge is 0.485 e. The minimum absolute atomic E-state index is 0.00802. The minimum atomic E-state index is -0.541. The maximum atomic E-state index is 13.6. The first-order valence-electron chi connectivity index (χ1n) is 5.88. The number of aliphatic hydroxyl groups excluding tert-OH is 1. The van der Waals surface area contributed by atoms with Crippen molar-refractivity contribution in [1.29, 1.82) is 0 Å². The van der Waals surface area contributed by atoms with E-state index in [0.29, 0.717) is 11.1 Å². The van der Waals surface area contributed by atoms with Crippen LogP contribution in [0.25, 0.3) is 0 Å². The van der Waals surface area contributed by atoms with E-state index in [4.69, 9.17) is 9.84 Å². The van der Waals surface area contributed by atoms with Crippen LogP contribution in [-0.4, -0.2) is 5.11 Å². The van der Waals surface area contributed by atoms with Gasteiger partial charge >= 0.3 is 0 Å². The molecule has 0 radical (unpaired) electrons. The Hall–Kier alpha value is -1.94. The van der Waals surface area contributed by atoms with E-state index in [2.05, 4.69) is 0 Å². The highest BCUT2D eigenvalue weighted by Gasteiger charge is 2.10. The van der Waals surface area contributed by atoms with Crippen LogP contribution in [0.2, 0.25) is 0 Å². The first kappa shape index (κ1) is 13.5. The van der Waals surface area contributed by atoms with Crippen LogP contribution in [0.1, 0.15) is 16.7 Å². The maximum absolute atomic E-state index is 13.6. The van der Waals surface area contributed by atoms with Gasteiger partial charge in [0.15, 0.2) is 11.6 Å². The Bertz CT molecular complexity index is 582. The molecule has 0 aliphatic heterocycles. The fourth-order valence-corrected chi connectivity index (χ4v) is 1.79. The number of aliphatic hydroxyl groups is 1. The Morgan fingerprint density at radius 3 is 2.63 bits per heavy atom. The van der Waals surface area contributed by atoms with Gasteiger partial charge < -0.3 is 9.84 Å². The van der Waals surface area contributed by atoms with Crippen molar-refractivity contribution in [2.24, 2.45) is 0 Å². The van der Waals surface area contributed by atoms with E-state index in [1.54, 1.807) is 12.1 Å². The standard InChI is InChI=1S/C15H14F2O2/c1-10-5-6-13(16)7-12(10)9-19-15-11(8-18)3-2-4-14(15)17/h2-7,18H,8-9H2,1H3. The van der Waals surface area contributed by atoms with Crippen molar-refractivity contribution in [1.82, 2.24) is 0 Å². The zero-order valence-electron chi connectivity index (χ0n) is 10.5. The molecule has 100 valence electrons. The minimum Gasteiger partial charge on any atom is -0.485 e. The van der Waals surface area contributed by atoms with E-state index in [0.717, 1.165) is 5.56 Å². The highest BCUT2D eigenvalue weighted by atomic mass is 19.1. The van der Waals surface area contributed by atoms with Crippen LogP contribution in [-0.2, 0) is 13.2 Å². The normalized spacial score (nSPS) is 10.5. The van der Waals surface area contributed by atoms with E-state index in [1.165, 1.54) is 24.3 Å². The lowest BCUT2D eigenvalue weighted by Crippen LogP contribution is -2.03. The van der Waals surface area contributed by atoms with Crippen molar-refractivity contribution in [2.75, 3.05) is 0 Å². The highest BCUT2D eigenvalue weighted by Crippen LogP contribution is 2.24. The Balaban J connectivity index is 2.21. The molecule has 0 spiro atoms. The fraction of sp³-hybridized carbons (Fsp3) is 0.200. The lowest BCUT2D eigenvalue weighted by molar-refractivity contribution is 0.251. The van der Waals surface area contributed by atoms with Gasteiger partial charge in [-0.25, -0.2) is 8.78 Å². The van der Waals surface area contributed by atoms with Crippen molar-refractivity contribution < 1.29 is 18.6 Å². The molecule has 0 fully saturated rings. The number of hydrogen-bond acceptors (Lipinski definition) is 2. The molecule has 19 heavy (non-hydrogen) atoms. The molecule has 0 aliphatic rings. The molecular weight excluding hydrogens is 250 g/mol. The third-order valence-corrected chi connectivity index (χ3v) is 2.90. The van der Waals surface area contributed by atoms with Crippen molar-refractivity contribution >= 4 is 0 Å². The number of aryl methyl sites for hydroxylation is 1. The summed E-state index contributed by atoms with van der Waals surface area (Å²) in [6.45, 7) is 1.57. The summed E-state index contributed by atoms with van der Waals surface area (Å²) in [5.41, 5.74) is 1.88. The first-order valence-corrected chi connectivity index (χ1v) is 5.88. The van der Waals surface area contributed by atoms with Gasteiger partial charge in [0.25, 0.3) is 0 Å². The third-order valence-electron chi connectivity index (χ3n) is 2.90. The lowest BCUT2D eigenvalue weighted by Gasteiger charge is -2.12. The van der Waals surface area contributed by atoms with Gasteiger partial charge in [0.2, 0.25) is 0 Å². The van der Waals surface area contributed by atoms with Gasteiger partial charge in [0.1, 0.15) is 12.4 Å². The molecule has 2 nitrogen and oxygen atoms in total. The van der Waals surface area contributed by atoms with E-state index < -0.39 is 5.82 Å². The molecule has 0 amide bonds. The van der Waals surface area contributed by atoms with Crippen molar-refractivity contribution in [3.05, 3.63) is 64.7 Å². The fourth-order valence-electron chi connectivity index (χ4n) is 1.79. The number of benzene rings is 2. The Morgan fingerprint density at radius 1 is 1.11 bits per heavy atom. The Labute approximate surface area is 110 Å². The van der Waals surface area contributed by atoms with Crippen LogP contribution >= 0.6 is 0 Å². The molecule has 0 saturated heterocycles. The van der Waals surface area contributed by atoms with E-state index in [-0.39, 0.29) is 24.8 Å². The summed E-state index contributed by atoms with van der Waals surface area (Å²) in [5, 5.41) is 9.13. The molecule has 2 aromatic carbocycles. The third kappa shape index (κ3) is 3.09. The van der Waals surface area contributed by atoms with Gasteiger partial charge in [0.05, 0.1) is 6.61 Å². The molecule has 2 aromatic rings. The molecule has 0 aliphatic carbocycles. The second kappa shape index (κ2) is 5.80. The molecule has 0 unspecified atom stereocenters. The SMILES string of the molecule is Cc1ccc(F)cc1COc1c(F)cccc1CO. The van der Waals surface area contributed by atoms with Crippen molar-refractivity contribution in [2.45, 2.75) is 20.1 Å². The van der Waals surface area contributed by atoms with Crippen molar-refractivity contribution in [3.63, 3.8) is 0 Å². The van der Waals surface area contributed by atoms with Crippen LogP contribution in [0.5, 0.6) is 5.75 Å². The number of hydrogen-bond donors (Lipinski definition) is 1. The summed E-state index contributed by atoms with van der Waals surface area (Å²) in [6.07, 6.45) is 0. The molecule has 0 saturated carbocycles. The van der Waals surface area contributed by atoms with Gasteiger partial charge in [-0.1, -0.05) is 18.2 Å². The quantitative estimate of drug-likeness (QED) is 0.917. The molecule has 0 aromatic heterocycles. The molecule has 0 bridgehead atoms. The summed E-state index contributed by atoms with van der Waals surface area (Å²) in [5.74, 6) is -0.894. The molecule has 0 heterocycles. The average Bonchev–Trinajstić information content (AvgIpc) is 2.40. The highest BCUT2D eigenvalue weighted by molar-refractivity contribution is 5.35. The zero-order valence-corrected chi connectivity index (χ0v) is 10.5. The van der Waals surface area contributed by atoms with Crippen molar-refractivity contribution in [3.8, 4) is 5.75 Å². The Morgan fingerprint density at radius 2 is 1.89 bits per heavy atom. The summed E-state index contributed by atoms with van der Waals surface area (Å²) in [4.78, 5) is 0. The van der Waals surface area contributed by atoms with Gasteiger partial charge in [-0.3, -0.25) is 0 Å². The molecular formula is C15H14F2O2. The average molecular weight is 264 g/mol. The smallest absolute Gasteiger partial charge is 0.165 e. The molecule has 0 atom stereocenters. The van der Waals surface area contributed by atoms with E-state index in [1.807, 2.05) is 6.92 Å². The first-order chi connectivity index (χ1) is 9.11. The second-order valence-corrected chi connectivity index (χ2v) is 4.25. The zero-order chi connectivity index (χ0) is 13.8. The summed E-state index contributed by atoms with van der Waals surface area (Å²) >= 11 is 0. The number of rotatable bonds is 4. The number of halogens is 2. The molecule has 1 N–H and O–H groups in total. The van der Waals surface area contributed by atoms with Crippen LogP contribution < -0.4 is 4.74 Å². The molecule has 4 heteroatoms. The van der Waals surface area contributed by atoms with Gasteiger partial charge in [-0.2, -0.15) is 0 Å². The monoisotopic (exact) mass is 264 g/mol. The van der Waals surface area contributed by atoms with Crippen LogP contribution in [0.4, 0.5) is 8.78 Å². The van der Waals surface area contributed by atoms with E-state index >= 15 is 0 Å². The molecule has 2 rings (SSSR count). The van der Waals surface area contributed by atoms with Crippen LogP contribution in [0.15, 0.2) is 36.4 Å². The van der Waals surface area contributed by atoms with Crippen LogP contribution in [0.3, 0.4) is 0 Å². The number of ether oxygens (including phenoxy) is 1. The predicted octanol–water partition coefficient (Wildman–Crippen LogP) is 3.34. The van der Waals surface area contributed by atoms with Gasteiger partial charge in [-0.15, -0.1) is 0 Å². The second-order valence-electron chi connectivity index (χ2n) is 4.25. The Kier molecular flexibility index (Phi) is 4.12. The summed E-state index contributed by atoms with van der Waals surface area (Å²) in [7, 11) is 0. The number of para-hydroxylation sites is 1. The predicted molar refractivity (Wildman–Crippen MR) is 67.8 cm³/mol. The van der Waals surface area contributed by atoms with Gasteiger partial charge in [0, 0.05) is 5.56 Å². The summed E-state index contributed by atoms with van der Waals surface area (Å²) < 4.78 is 32.1. The van der Waals surface area contributed by atoms with Crippen LogP contribution in [0, 0.1) is 18.6 Å². The van der Waals surface area contributed by atoms with E-state index in [9.17, 15) is 8.78 Å².